The molecule has 14 heavy (non-hydrogen) atoms. The molecule has 0 saturated heterocycles. The average Bonchev–Trinajstić information content (AvgIpc) is 2.11. The molecular weight excluding hydrogens is 208 g/mol. The fourth-order valence-electron chi connectivity index (χ4n) is 1.07. The number of hydrogen-bond donors (Lipinski definition) is 2. The zero-order valence-electron chi connectivity index (χ0n) is 7.46. The first kappa shape index (κ1) is 11.0. The van der Waals surface area contributed by atoms with Gasteiger partial charge in [-0.3, -0.25) is 4.98 Å². The maximum atomic E-state index is 12.0. The first-order valence-corrected chi connectivity index (χ1v) is 4.50. The third kappa shape index (κ3) is 2.23. The standard InChI is InChI=1S/C9H9F2NOS/c1-5-9(13)7(4-14)6(3-12-5)2-8(10)11/h2-3,13-14H,4H2,1H3. The Labute approximate surface area is 85.7 Å². The van der Waals surface area contributed by atoms with E-state index in [1.54, 1.807) is 6.92 Å². The zero-order valence-corrected chi connectivity index (χ0v) is 8.35. The molecule has 5 heteroatoms. The molecule has 0 aromatic carbocycles. The minimum Gasteiger partial charge on any atom is -0.506 e. The van der Waals surface area contributed by atoms with Gasteiger partial charge < -0.3 is 5.11 Å². The largest absolute Gasteiger partial charge is 0.506 e. The van der Waals surface area contributed by atoms with Gasteiger partial charge in [0.2, 0.25) is 0 Å². The van der Waals surface area contributed by atoms with E-state index in [4.69, 9.17) is 0 Å². The van der Waals surface area contributed by atoms with E-state index in [2.05, 4.69) is 17.6 Å². The summed E-state index contributed by atoms with van der Waals surface area (Å²) in [5.74, 6) is 0.115. The van der Waals surface area contributed by atoms with Crippen molar-refractivity contribution >= 4 is 18.7 Å². The predicted molar refractivity (Wildman–Crippen MR) is 53.5 cm³/mol. The van der Waals surface area contributed by atoms with Gasteiger partial charge in [-0.1, -0.05) is 0 Å². The number of aromatic nitrogens is 1. The van der Waals surface area contributed by atoms with Gasteiger partial charge in [-0.25, -0.2) is 0 Å². The molecule has 0 amide bonds. The Balaban J connectivity index is 3.31. The molecule has 0 atom stereocenters. The minimum atomic E-state index is -1.82. The van der Waals surface area contributed by atoms with Gasteiger partial charge in [0, 0.05) is 29.2 Å². The lowest BCUT2D eigenvalue weighted by Gasteiger charge is -2.07. The van der Waals surface area contributed by atoms with Crippen LogP contribution in [0.1, 0.15) is 16.8 Å². The van der Waals surface area contributed by atoms with Crippen LogP contribution in [-0.4, -0.2) is 10.1 Å². The molecule has 0 aliphatic carbocycles. The van der Waals surface area contributed by atoms with E-state index in [1.165, 1.54) is 6.20 Å². The van der Waals surface area contributed by atoms with Crippen LogP contribution in [0.2, 0.25) is 0 Å². The Kier molecular flexibility index (Phi) is 3.46. The number of aromatic hydroxyl groups is 1. The van der Waals surface area contributed by atoms with Gasteiger partial charge in [-0.15, -0.1) is 0 Å². The Bertz CT molecular complexity index is 375. The zero-order chi connectivity index (χ0) is 10.7. The molecule has 0 unspecified atom stereocenters. The van der Waals surface area contributed by atoms with Gasteiger partial charge in [0.25, 0.3) is 6.08 Å². The molecule has 0 saturated carbocycles. The predicted octanol–water partition coefficient (Wildman–Crippen LogP) is 2.76. The van der Waals surface area contributed by atoms with E-state index in [-0.39, 0.29) is 17.1 Å². The topological polar surface area (TPSA) is 33.1 Å². The summed E-state index contributed by atoms with van der Waals surface area (Å²) >= 11 is 3.96. The van der Waals surface area contributed by atoms with Crippen molar-refractivity contribution in [2.24, 2.45) is 0 Å². The molecular formula is C9H9F2NOS. The van der Waals surface area contributed by atoms with Crippen molar-refractivity contribution in [3.63, 3.8) is 0 Å². The molecule has 0 aliphatic heterocycles. The highest BCUT2D eigenvalue weighted by Gasteiger charge is 2.09. The molecule has 0 spiro atoms. The third-order valence-electron chi connectivity index (χ3n) is 1.80. The Hall–Kier alpha value is -1.10. The van der Waals surface area contributed by atoms with Crippen LogP contribution in [0.5, 0.6) is 5.75 Å². The van der Waals surface area contributed by atoms with Crippen molar-refractivity contribution < 1.29 is 13.9 Å². The SMILES string of the molecule is Cc1ncc(C=C(F)F)c(CS)c1O. The highest BCUT2D eigenvalue weighted by atomic mass is 32.1. The van der Waals surface area contributed by atoms with Crippen molar-refractivity contribution in [2.45, 2.75) is 12.7 Å². The molecule has 0 bridgehead atoms. The number of pyridine rings is 1. The number of halogens is 2. The summed E-state index contributed by atoms with van der Waals surface area (Å²) in [4.78, 5) is 3.78. The Morgan fingerprint density at radius 3 is 2.79 bits per heavy atom. The van der Waals surface area contributed by atoms with E-state index in [0.29, 0.717) is 17.3 Å². The third-order valence-corrected chi connectivity index (χ3v) is 2.11. The molecule has 0 radical (unpaired) electrons. The molecule has 1 aromatic rings. The summed E-state index contributed by atoms with van der Waals surface area (Å²) in [6, 6.07) is 0. The van der Waals surface area contributed by atoms with Gasteiger partial charge >= 0.3 is 0 Å². The fourth-order valence-corrected chi connectivity index (χ4v) is 1.40. The average molecular weight is 217 g/mol. The maximum Gasteiger partial charge on any atom is 0.270 e. The summed E-state index contributed by atoms with van der Waals surface area (Å²) in [7, 11) is 0. The monoisotopic (exact) mass is 217 g/mol. The van der Waals surface area contributed by atoms with Gasteiger partial charge in [0.05, 0.1) is 5.69 Å². The molecule has 2 nitrogen and oxygen atoms in total. The van der Waals surface area contributed by atoms with Crippen molar-refractivity contribution in [1.82, 2.24) is 4.98 Å². The minimum absolute atomic E-state index is 0.0741. The second-order valence-electron chi connectivity index (χ2n) is 2.72. The van der Waals surface area contributed by atoms with E-state index in [1.807, 2.05) is 0 Å². The molecule has 1 rings (SSSR count). The van der Waals surface area contributed by atoms with Crippen LogP contribution in [0.3, 0.4) is 0 Å². The van der Waals surface area contributed by atoms with Crippen LogP contribution < -0.4 is 0 Å². The van der Waals surface area contributed by atoms with E-state index in [0.717, 1.165) is 0 Å². The summed E-state index contributed by atoms with van der Waals surface area (Å²) in [5, 5.41) is 9.51. The van der Waals surface area contributed by atoms with Crippen molar-refractivity contribution in [3.8, 4) is 5.75 Å². The Morgan fingerprint density at radius 2 is 2.29 bits per heavy atom. The fraction of sp³-hybridized carbons (Fsp3) is 0.222. The van der Waals surface area contributed by atoms with E-state index in [9.17, 15) is 13.9 Å². The lowest BCUT2D eigenvalue weighted by molar-refractivity contribution is 0.429. The summed E-state index contributed by atoms with van der Waals surface area (Å²) in [6.45, 7) is 1.60. The van der Waals surface area contributed by atoms with E-state index >= 15 is 0 Å². The molecule has 1 heterocycles. The molecule has 0 fully saturated rings. The van der Waals surface area contributed by atoms with Gasteiger partial charge in [0.1, 0.15) is 5.75 Å². The lowest BCUT2D eigenvalue weighted by atomic mass is 10.1. The van der Waals surface area contributed by atoms with Crippen molar-refractivity contribution in [3.05, 3.63) is 29.1 Å². The molecule has 1 aromatic heterocycles. The van der Waals surface area contributed by atoms with Gasteiger partial charge in [-0.2, -0.15) is 21.4 Å². The maximum absolute atomic E-state index is 12.0. The smallest absolute Gasteiger partial charge is 0.270 e. The Morgan fingerprint density at radius 1 is 1.64 bits per heavy atom. The number of thiol groups is 1. The number of hydrogen-bond acceptors (Lipinski definition) is 3. The van der Waals surface area contributed by atoms with Crippen LogP contribution in [0.4, 0.5) is 8.78 Å². The summed E-state index contributed by atoms with van der Waals surface area (Å²) in [5.41, 5.74) is 0.974. The number of rotatable bonds is 2. The molecule has 76 valence electrons. The highest BCUT2D eigenvalue weighted by molar-refractivity contribution is 7.79. The van der Waals surface area contributed by atoms with Crippen molar-refractivity contribution in [2.75, 3.05) is 0 Å². The quantitative estimate of drug-likeness (QED) is 0.747. The van der Waals surface area contributed by atoms with Crippen LogP contribution in [-0.2, 0) is 5.75 Å². The molecule has 1 N–H and O–H groups in total. The van der Waals surface area contributed by atoms with Crippen LogP contribution in [0.15, 0.2) is 12.3 Å². The second-order valence-corrected chi connectivity index (χ2v) is 3.03. The molecule has 0 aliphatic rings. The first-order valence-electron chi connectivity index (χ1n) is 3.87. The van der Waals surface area contributed by atoms with Gasteiger partial charge in [0.15, 0.2) is 0 Å². The summed E-state index contributed by atoms with van der Waals surface area (Å²) < 4.78 is 24.0. The summed E-state index contributed by atoms with van der Waals surface area (Å²) in [6.07, 6.45) is 0.135. The number of aryl methyl sites for hydroxylation is 1. The second kappa shape index (κ2) is 4.41. The van der Waals surface area contributed by atoms with Crippen LogP contribution >= 0.6 is 12.6 Å². The lowest BCUT2D eigenvalue weighted by Crippen LogP contribution is -1.92. The van der Waals surface area contributed by atoms with Crippen molar-refractivity contribution in [1.29, 1.82) is 0 Å². The van der Waals surface area contributed by atoms with Gasteiger partial charge in [-0.05, 0) is 6.92 Å². The number of nitrogens with zero attached hydrogens (tertiary/aromatic N) is 1. The normalized spacial score (nSPS) is 10.0. The van der Waals surface area contributed by atoms with E-state index < -0.39 is 6.08 Å². The first-order chi connectivity index (χ1) is 6.56. The van der Waals surface area contributed by atoms with Crippen LogP contribution in [0, 0.1) is 6.92 Å². The highest BCUT2D eigenvalue weighted by Crippen LogP contribution is 2.26. The van der Waals surface area contributed by atoms with Crippen LogP contribution in [0.25, 0.3) is 6.08 Å².